The lowest BCUT2D eigenvalue weighted by molar-refractivity contribution is -0.384. The standard InChI is InChI=1S/C21H21N5O4S2/c1-13(27)22-11-15-5-7-19(32-15)16-12-31-21(23-16)24-20(28)14-4-6-17(18(10-14)26(29)30)25-8-2-3-9-25/h4-7,10,12H,2-3,8-9,11H2,1H3,(H,22,27)(H,23,24,28). The van der Waals surface area contributed by atoms with Gasteiger partial charge in [-0.2, -0.15) is 0 Å². The topological polar surface area (TPSA) is 117 Å². The highest BCUT2D eigenvalue weighted by Gasteiger charge is 2.24. The largest absolute Gasteiger partial charge is 0.366 e. The summed E-state index contributed by atoms with van der Waals surface area (Å²) in [5.74, 6) is -0.535. The Labute approximate surface area is 192 Å². The molecule has 1 aliphatic rings. The number of nitrogens with one attached hydrogen (secondary N) is 2. The molecule has 0 bridgehead atoms. The second-order valence-electron chi connectivity index (χ2n) is 7.32. The number of benzene rings is 1. The van der Waals surface area contributed by atoms with Gasteiger partial charge in [-0.1, -0.05) is 0 Å². The van der Waals surface area contributed by atoms with Gasteiger partial charge in [0.15, 0.2) is 5.13 Å². The monoisotopic (exact) mass is 471 g/mol. The van der Waals surface area contributed by atoms with Crippen LogP contribution in [0.15, 0.2) is 35.7 Å². The molecule has 1 aliphatic heterocycles. The van der Waals surface area contributed by atoms with Crippen molar-refractivity contribution in [3.8, 4) is 10.6 Å². The van der Waals surface area contributed by atoms with Crippen molar-refractivity contribution in [2.24, 2.45) is 0 Å². The molecule has 166 valence electrons. The fourth-order valence-electron chi connectivity index (χ4n) is 3.47. The van der Waals surface area contributed by atoms with Crippen molar-refractivity contribution in [1.82, 2.24) is 10.3 Å². The number of carbonyl (C=O) groups is 2. The number of anilines is 2. The summed E-state index contributed by atoms with van der Waals surface area (Å²) in [6.45, 7) is 3.49. The van der Waals surface area contributed by atoms with Crippen LogP contribution in [0.1, 0.15) is 35.0 Å². The summed E-state index contributed by atoms with van der Waals surface area (Å²) in [5, 5.41) is 19.3. The van der Waals surface area contributed by atoms with Crippen LogP contribution in [0.2, 0.25) is 0 Å². The molecule has 2 aromatic heterocycles. The maximum Gasteiger partial charge on any atom is 0.293 e. The summed E-state index contributed by atoms with van der Waals surface area (Å²) in [7, 11) is 0. The van der Waals surface area contributed by atoms with Crippen LogP contribution in [0, 0.1) is 10.1 Å². The lowest BCUT2D eigenvalue weighted by atomic mass is 10.1. The summed E-state index contributed by atoms with van der Waals surface area (Å²) < 4.78 is 0. The summed E-state index contributed by atoms with van der Waals surface area (Å²) in [5.41, 5.74) is 1.42. The van der Waals surface area contributed by atoms with Crippen molar-refractivity contribution in [3.63, 3.8) is 0 Å². The number of hydrogen-bond donors (Lipinski definition) is 2. The lowest BCUT2D eigenvalue weighted by Gasteiger charge is -2.17. The highest BCUT2D eigenvalue weighted by molar-refractivity contribution is 7.17. The molecule has 1 saturated heterocycles. The van der Waals surface area contributed by atoms with Gasteiger partial charge in [0.1, 0.15) is 5.69 Å². The molecular formula is C21H21N5O4S2. The first-order valence-electron chi connectivity index (χ1n) is 10.0. The Bertz CT molecular complexity index is 1170. The maximum atomic E-state index is 12.7. The highest BCUT2D eigenvalue weighted by Crippen LogP contribution is 2.33. The molecule has 2 N–H and O–H groups in total. The molecule has 4 rings (SSSR count). The minimum atomic E-state index is -0.445. The Hall–Kier alpha value is -3.31. The number of thiazole rings is 1. The van der Waals surface area contributed by atoms with E-state index in [1.54, 1.807) is 12.1 Å². The van der Waals surface area contributed by atoms with Gasteiger partial charge in [0.2, 0.25) is 5.91 Å². The molecular weight excluding hydrogens is 450 g/mol. The number of hydrogen-bond acceptors (Lipinski definition) is 8. The van der Waals surface area contributed by atoms with Gasteiger partial charge in [0, 0.05) is 41.9 Å². The molecule has 3 aromatic rings. The Kier molecular flexibility index (Phi) is 6.47. The van der Waals surface area contributed by atoms with Gasteiger partial charge in [-0.25, -0.2) is 4.98 Å². The van der Waals surface area contributed by atoms with Gasteiger partial charge in [0.25, 0.3) is 11.6 Å². The van der Waals surface area contributed by atoms with Crippen LogP contribution in [0.25, 0.3) is 10.6 Å². The minimum Gasteiger partial charge on any atom is -0.366 e. The zero-order chi connectivity index (χ0) is 22.7. The van der Waals surface area contributed by atoms with Crippen LogP contribution in [0.3, 0.4) is 0 Å². The quantitative estimate of drug-likeness (QED) is 0.393. The van der Waals surface area contributed by atoms with Crippen LogP contribution in [-0.2, 0) is 11.3 Å². The molecule has 0 radical (unpaired) electrons. The SMILES string of the molecule is CC(=O)NCc1ccc(-c2csc(NC(=O)c3ccc(N4CCCC4)c([N+](=O)[O-])c3)n2)s1. The van der Waals surface area contributed by atoms with E-state index in [4.69, 9.17) is 0 Å². The van der Waals surface area contributed by atoms with E-state index in [0.29, 0.717) is 17.4 Å². The molecule has 32 heavy (non-hydrogen) atoms. The summed E-state index contributed by atoms with van der Waals surface area (Å²) >= 11 is 2.79. The van der Waals surface area contributed by atoms with E-state index < -0.39 is 10.8 Å². The molecule has 3 heterocycles. The van der Waals surface area contributed by atoms with Gasteiger partial charge in [-0.15, -0.1) is 22.7 Å². The molecule has 0 atom stereocenters. The molecule has 2 amide bonds. The molecule has 1 fully saturated rings. The fraction of sp³-hybridized carbons (Fsp3) is 0.286. The first-order valence-corrected chi connectivity index (χ1v) is 11.7. The number of nitro benzene ring substituents is 1. The highest BCUT2D eigenvalue weighted by atomic mass is 32.1. The third-order valence-electron chi connectivity index (χ3n) is 5.03. The van der Waals surface area contributed by atoms with E-state index in [-0.39, 0.29) is 17.2 Å². The van der Waals surface area contributed by atoms with E-state index in [1.807, 2.05) is 22.4 Å². The normalized spacial score (nSPS) is 13.2. The first-order chi connectivity index (χ1) is 15.4. The molecule has 1 aromatic carbocycles. The van der Waals surface area contributed by atoms with Crippen molar-refractivity contribution in [2.45, 2.75) is 26.3 Å². The number of carbonyl (C=O) groups excluding carboxylic acids is 2. The number of aromatic nitrogens is 1. The predicted octanol–water partition coefficient (Wildman–Crippen LogP) is 4.27. The number of rotatable bonds is 7. The average Bonchev–Trinajstić information content (AvgIpc) is 3.53. The van der Waals surface area contributed by atoms with E-state index >= 15 is 0 Å². The smallest absolute Gasteiger partial charge is 0.293 e. The van der Waals surface area contributed by atoms with Gasteiger partial charge in [-0.3, -0.25) is 25.0 Å². The number of nitro groups is 1. The average molecular weight is 472 g/mol. The van der Waals surface area contributed by atoms with Gasteiger partial charge < -0.3 is 10.2 Å². The van der Waals surface area contributed by atoms with E-state index in [1.165, 1.54) is 35.7 Å². The van der Waals surface area contributed by atoms with Gasteiger partial charge in [0.05, 0.1) is 22.0 Å². The van der Waals surface area contributed by atoms with Crippen LogP contribution < -0.4 is 15.5 Å². The summed E-state index contributed by atoms with van der Waals surface area (Å²) in [4.78, 5) is 43.3. The second kappa shape index (κ2) is 9.45. The van der Waals surface area contributed by atoms with Crippen molar-refractivity contribution < 1.29 is 14.5 Å². The molecule has 9 nitrogen and oxygen atoms in total. The lowest BCUT2D eigenvalue weighted by Crippen LogP contribution is -2.19. The van der Waals surface area contributed by atoms with Crippen LogP contribution in [-0.4, -0.2) is 34.8 Å². The van der Waals surface area contributed by atoms with Crippen molar-refractivity contribution in [3.05, 3.63) is 56.3 Å². The van der Waals surface area contributed by atoms with E-state index in [2.05, 4.69) is 15.6 Å². The van der Waals surface area contributed by atoms with Gasteiger partial charge >= 0.3 is 0 Å². The van der Waals surface area contributed by atoms with Crippen LogP contribution in [0.5, 0.6) is 0 Å². The Morgan fingerprint density at radius 2 is 2.00 bits per heavy atom. The third-order valence-corrected chi connectivity index (χ3v) is 6.90. The van der Waals surface area contributed by atoms with Crippen molar-refractivity contribution in [1.29, 1.82) is 0 Å². The summed E-state index contributed by atoms with van der Waals surface area (Å²) in [6.07, 6.45) is 2.01. The Morgan fingerprint density at radius 1 is 1.22 bits per heavy atom. The predicted molar refractivity (Wildman–Crippen MR) is 125 cm³/mol. The van der Waals surface area contributed by atoms with Crippen molar-refractivity contribution >= 4 is 51.0 Å². The molecule has 0 saturated carbocycles. The Morgan fingerprint density at radius 3 is 2.72 bits per heavy atom. The second-order valence-corrected chi connectivity index (χ2v) is 9.35. The number of amides is 2. The zero-order valence-electron chi connectivity index (χ0n) is 17.3. The number of nitrogens with zero attached hydrogens (tertiary/aromatic N) is 3. The third kappa shape index (κ3) is 4.94. The van der Waals surface area contributed by atoms with E-state index in [0.717, 1.165) is 41.4 Å². The molecule has 0 spiro atoms. The molecule has 0 aliphatic carbocycles. The van der Waals surface area contributed by atoms with Crippen LogP contribution in [0.4, 0.5) is 16.5 Å². The zero-order valence-corrected chi connectivity index (χ0v) is 18.9. The molecule has 0 unspecified atom stereocenters. The summed E-state index contributed by atoms with van der Waals surface area (Å²) in [6, 6.07) is 8.43. The van der Waals surface area contributed by atoms with Gasteiger partial charge in [-0.05, 0) is 37.1 Å². The minimum absolute atomic E-state index is 0.0651. The van der Waals surface area contributed by atoms with Crippen molar-refractivity contribution in [2.75, 3.05) is 23.3 Å². The maximum absolute atomic E-state index is 12.7. The van der Waals surface area contributed by atoms with E-state index in [9.17, 15) is 19.7 Å². The first kappa shape index (κ1) is 21.9. The fourth-order valence-corrected chi connectivity index (χ4v) is 5.16. The Balaban J connectivity index is 1.46. The molecule has 11 heteroatoms. The number of thiophene rings is 1. The van der Waals surface area contributed by atoms with Crippen LogP contribution >= 0.6 is 22.7 Å².